The summed E-state index contributed by atoms with van der Waals surface area (Å²) in [4.78, 5) is 19.9. The summed E-state index contributed by atoms with van der Waals surface area (Å²) in [6.07, 6.45) is 1.78. The van der Waals surface area contributed by atoms with Gasteiger partial charge in [0.25, 0.3) is 5.91 Å². The predicted molar refractivity (Wildman–Crippen MR) is 196 cm³/mol. The molecule has 0 radical (unpaired) electrons. The molecule has 2 fully saturated rings. The van der Waals surface area contributed by atoms with Crippen LogP contribution in [0, 0.1) is 6.92 Å². The van der Waals surface area contributed by atoms with E-state index in [9.17, 15) is 25.2 Å². The lowest BCUT2D eigenvalue weighted by atomic mass is 9.96. The Morgan fingerprint density at radius 1 is 0.981 bits per heavy atom. The first-order valence-corrected chi connectivity index (χ1v) is 19.0. The van der Waals surface area contributed by atoms with Crippen LogP contribution in [0.2, 0.25) is 0 Å². The predicted octanol–water partition coefficient (Wildman–Crippen LogP) is 2.95. The fourth-order valence-corrected chi connectivity index (χ4v) is 6.96. The summed E-state index contributed by atoms with van der Waals surface area (Å²) in [6.45, 7) is 2.06. The highest BCUT2D eigenvalue weighted by molar-refractivity contribution is 7.99. The van der Waals surface area contributed by atoms with E-state index in [4.69, 9.17) is 24.4 Å². The second-order valence-corrected chi connectivity index (χ2v) is 14.7. The summed E-state index contributed by atoms with van der Waals surface area (Å²) in [5.41, 5.74) is 5.08. The zero-order chi connectivity index (χ0) is 37.1. The first kappa shape index (κ1) is 40.1. The molecule has 2 aliphatic carbocycles. The van der Waals surface area contributed by atoms with Gasteiger partial charge in [-0.2, -0.15) is 0 Å². The summed E-state index contributed by atoms with van der Waals surface area (Å²) in [7, 11) is 0. The summed E-state index contributed by atoms with van der Waals surface area (Å²) < 4.78 is 18.3. The second kappa shape index (κ2) is 19.3. The topological polar surface area (TPSA) is 182 Å². The first-order valence-electron chi connectivity index (χ1n) is 18.0. The molecule has 0 saturated heterocycles. The summed E-state index contributed by atoms with van der Waals surface area (Å²) in [5.74, 6) is 0.832. The summed E-state index contributed by atoms with van der Waals surface area (Å²) >= 11 is 1.70. The minimum Gasteiger partial charge on any atom is -0.490 e. The molecule has 1 heterocycles. The van der Waals surface area contributed by atoms with Crippen LogP contribution in [-0.2, 0) is 26.5 Å². The van der Waals surface area contributed by atoms with Gasteiger partial charge in [-0.25, -0.2) is 0 Å². The van der Waals surface area contributed by atoms with Crippen LogP contribution in [0.3, 0.4) is 0 Å². The van der Waals surface area contributed by atoms with E-state index in [1.165, 1.54) is 4.90 Å². The third-order valence-electron chi connectivity index (χ3n) is 9.49. The molecule has 2 saturated carbocycles. The lowest BCUT2D eigenvalue weighted by Crippen LogP contribution is -2.53. The van der Waals surface area contributed by atoms with Crippen molar-refractivity contribution < 1.29 is 49.6 Å². The molecule has 5 rings (SSSR count). The summed E-state index contributed by atoms with van der Waals surface area (Å²) in [6, 6.07) is 16.6. The van der Waals surface area contributed by atoms with Crippen molar-refractivity contribution in [3.8, 4) is 16.9 Å². The molecule has 0 spiro atoms. The highest BCUT2D eigenvalue weighted by atomic mass is 32.2. The van der Waals surface area contributed by atoms with Crippen molar-refractivity contribution in [1.82, 2.24) is 9.88 Å². The first-order chi connectivity index (χ1) is 25.2. The molecule has 4 atom stereocenters. The fraction of sp³-hybridized carbons (Fsp3) is 0.538. The molecule has 0 aliphatic heterocycles. The number of pyridine rings is 1. The fourth-order valence-electron chi connectivity index (χ4n) is 5.99. The largest absolute Gasteiger partial charge is 0.490 e. The Morgan fingerprint density at radius 2 is 1.77 bits per heavy atom. The van der Waals surface area contributed by atoms with E-state index >= 15 is 0 Å². The van der Waals surface area contributed by atoms with E-state index in [0.717, 1.165) is 76.3 Å². The molecule has 12 nitrogen and oxygen atoms in total. The number of aliphatic hydroxyl groups excluding tert-OH is 6. The molecule has 6 N–H and O–H groups in total. The average molecular weight is 741 g/mol. The molecule has 1 aromatic heterocycles. The number of hydrogen-bond donors (Lipinski definition) is 6. The van der Waals surface area contributed by atoms with Gasteiger partial charge in [0.05, 0.1) is 44.7 Å². The number of nitrogens with zero attached hydrogens (tertiary/aromatic N) is 2. The van der Waals surface area contributed by atoms with Crippen molar-refractivity contribution in [2.45, 2.75) is 93.1 Å². The molecule has 1 amide bonds. The number of unbranched alkanes of at least 4 members (excludes halogenated alkanes) is 1. The monoisotopic (exact) mass is 740 g/mol. The number of para-hydroxylation sites is 1. The van der Waals surface area contributed by atoms with Gasteiger partial charge >= 0.3 is 0 Å². The van der Waals surface area contributed by atoms with Crippen LogP contribution in [0.25, 0.3) is 11.1 Å². The van der Waals surface area contributed by atoms with Crippen LogP contribution >= 0.6 is 11.8 Å². The second-order valence-electron chi connectivity index (χ2n) is 13.5. The Hall–Kier alpha value is -3.11. The van der Waals surface area contributed by atoms with E-state index in [1.54, 1.807) is 11.8 Å². The smallest absolute Gasteiger partial charge is 0.254 e. The van der Waals surface area contributed by atoms with Crippen molar-refractivity contribution in [3.63, 3.8) is 0 Å². The Morgan fingerprint density at radius 3 is 2.50 bits per heavy atom. The molecule has 52 heavy (non-hydrogen) atoms. The van der Waals surface area contributed by atoms with Crippen LogP contribution in [0.4, 0.5) is 0 Å². The van der Waals surface area contributed by atoms with Crippen LogP contribution in [0.15, 0.2) is 65.8 Å². The molecular weight excluding hydrogens is 688 g/mol. The lowest BCUT2D eigenvalue weighted by Gasteiger charge is -2.30. The van der Waals surface area contributed by atoms with E-state index in [2.05, 4.69) is 42.2 Å². The number of carbonyl (C=O) groups excluding carboxylic acids is 1. The van der Waals surface area contributed by atoms with Crippen molar-refractivity contribution in [3.05, 3.63) is 77.6 Å². The van der Waals surface area contributed by atoms with Gasteiger partial charge in [0.15, 0.2) is 6.10 Å². The maximum absolute atomic E-state index is 13.0. The molecular formula is C39H52N2O10S. The minimum atomic E-state index is -2.01. The average Bonchev–Trinajstić information content (AvgIpc) is 4.12. The number of aliphatic hydroxyl groups is 6. The number of aromatic nitrogens is 1. The third kappa shape index (κ3) is 10.7. The van der Waals surface area contributed by atoms with E-state index in [0.29, 0.717) is 19.1 Å². The number of hydrogen-bond acceptors (Lipinski definition) is 12. The van der Waals surface area contributed by atoms with Gasteiger partial charge in [-0.15, -0.1) is 11.8 Å². The van der Waals surface area contributed by atoms with Gasteiger partial charge < -0.3 is 49.7 Å². The van der Waals surface area contributed by atoms with Gasteiger partial charge in [0.2, 0.25) is 0 Å². The van der Waals surface area contributed by atoms with Gasteiger partial charge in [0.1, 0.15) is 24.1 Å². The molecule has 0 unspecified atom stereocenters. The Balaban J connectivity index is 1.15. The third-order valence-corrected chi connectivity index (χ3v) is 10.6. The highest BCUT2D eigenvalue weighted by Gasteiger charge is 2.48. The maximum Gasteiger partial charge on any atom is 0.254 e. The molecule has 13 heteroatoms. The Kier molecular flexibility index (Phi) is 14.9. The van der Waals surface area contributed by atoms with Crippen molar-refractivity contribution in [2.75, 3.05) is 45.3 Å². The van der Waals surface area contributed by atoms with Crippen molar-refractivity contribution in [1.29, 1.82) is 0 Å². The van der Waals surface area contributed by atoms with Crippen molar-refractivity contribution in [2.24, 2.45) is 0 Å². The maximum atomic E-state index is 13.0. The SMILES string of the molecule is Cc1ccc(SCCCCN(CCOCCO)C(=O)[C@@H](O)[C@@H](O)[C@H](O)[C@@H](O)CO)cc1COC1(c2cnccc2-c2ccccc2OC2CC2)CC1. The highest BCUT2D eigenvalue weighted by Crippen LogP contribution is 2.53. The quantitative estimate of drug-likeness (QED) is 0.0619. The normalized spacial score (nSPS) is 17.3. The number of amides is 1. The molecule has 284 valence electrons. The zero-order valence-corrected chi connectivity index (χ0v) is 30.5. The molecule has 0 bridgehead atoms. The molecule has 2 aromatic carbocycles. The van der Waals surface area contributed by atoms with Crippen LogP contribution in [0.5, 0.6) is 5.75 Å². The van der Waals surface area contributed by atoms with Gasteiger partial charge in [-0.1, -0.05) is 24.3 Å². The number of thioether (sulfide) groups is 1. The van der Waals surface area contributed by atoms with Gasteiger partial charge in [0, 0.05) is 41.5 Å². The molecule has 3 aromatic rings. The van der Waals surface area contributed by atoms with E-state index in [-0.39, 0.29) is 32.9 Å². The Labute approximate surface area is 309 Å². The van der Waals surface area contributed by atoms with Crippen molar-refractivity contribution >= 4 is 17.7 Å². The number of ether oxygens (including phenoxy) is 3. The number of carbonyl (C=O) groups is 1. The molecule has 2 aliphatic rings. The zero-order valence-electron chi connectivity index (χ0n) is 29.7. The van der Waals surface area contributed by atoms with Gasteiger partial charge in [-0.05, 0) is 92.2 Å². The minimum absolute atomic E-state index is 0.0879. The standard InChI is InChI=1S/C39H52N2O10S/c1-26-8-11-29(52-21-5-4-16-41(17-19-49-20-18-42)38(48)37(47)36(46)35(45)33(44)24-43)22-27(26)25-50-39(13-14-39)32-23-40-15-12-30(32)31-6-2-3-7-34(31)51-28-9-10-28/h2-3,6-8,11-12,15,22-23,28,33,35-37,42-47H,4-5,9-10,13-14,16-21,24-25H2,1H3/t33-,35+,36-,37-/m0/s1. The van der Waals surface area contributed by atoms with E-state index in [1.807, 2.05) is 30.6 Å². The van der Waals surface area contributed by atoms with Crippen LogP contribution in [0.1, 0.15) is 55.2 Å². The number of rotatable bonds is 23. The van der Waals surface area contributed by atoms with Crippen LogP contribution < -0.4 is 4.74 Å². The lowest BCUT2D eigenvalue weighted by molar-refractivity contribution is -0.159. The van der Waals surface area contributed by atoms with Gasteiger partial charge in [-0.3, -0.25) is 9.78 Å². The number of aryl methyl sites for hydroxylation is 1. The number of benzene rings is 2. The Bertz CT molecular complexity index is 1590. The summed E-state index contributed by atoms with van der Waals surface area (Å²) in [5, 5.41) is 58.3. The van der Waals surface area contributed by atoms with E-state index < -0.39 is 42.5 Å². The van der Waals surface area contributed by atoms with Crippen LogP contribution in [-0.4, -0.2) is 122 Å².